The van der Waals surface area contributed by atoms with Gasteiger partial charge in [-0.1, -0.05) is 6.07 Å². The molecule has 5 nitrogen and oxygen atoms in total. The average Bonchev–Trinajstić information content (AvgIpc) is 2.74. The Kier molecular flexibility index (Phi) is 5.28. The van der Waals surface area contributed by atoms with Crippen LogP contribution in [0.4, 0.5) is 0 Å². The second-order valence-electron chi connectivity index (χ2n) is 6.75. The van der Waals surface area contributed by atoms with Gasteiger partial charge in [-0.05, 0) is 43.9 Å². The summed E-state index contributed by atoms with van der Waals surface area (Å²) >= 11 is 0. The summed E-state index contributed by atoms with van der Waals surface area (Å²) in [4.78, 5) is 21.1. The standard InChI is InChI=1S/C18H27N3O2/c1-23-13-12-21-17(22)5-7-18(21)6-3-10-20(11-8-18)15-16-4-2-9-19-14-16/h2,4,9,14H,3,5-8,10-13,15H2,1H3/t18-/m1/s1. The summed E-state index contributed by atoms with van der Waals surface area (Å²) in [6, 6.07) is 4.13. The molecule has 1 spiro atoms. The molecule has 23 heavy (non-hydrogen) atoms. The minimum Gasteiger partial charge on any atom is -0.383 e. The van der Waals surface area contributed by atoms with Crippen LogP contribution in [0.3, 0.4) is 0 Å². The maximum Gasteiger partial charge on any atom is 0.223 e. The fraction of sp³-hybridized carbons (Fsp3) is 0.667. The van der Waals surface area contributed by atoms with Gasteiger partial charge >= 0.3 is 0 Å². The molecule has 0 aliphatic carbocycles. The molecule has 1 aromatic rings. The summed E-state index contributed by atoms with van der Waals surface area (Å²) in [6.45, 7) is 4.47. The van der Waals surface area contributed by atoms with E-state index in [9.17, 15) is 4.79 Å². The second kappa shape index (κ2) is 7.41. The number of carbonyl (C=O) groups excluding carboxylic acids is 1. The number of hydrogen-bond acceptors (Lipinski definition) is 4. The van der Waals surface area contributed by atoms with Crippen LogP contribution in [0.1, 0.15) is 37.7 Å². The Labute approximate surface area is 138 Å². The molecule has 0 bridgehead atoms. The maximum absolute atomic E-state index is 12.3. The Morgan fingerprint density at radius 3 is 3.00 bits per heavy atom. The van der Waals surface area contributed by atoms with E-state index in [1.165, 1.54) is 5.56 Å². The second-order valence-corrected chi connectivity index (χ2v) is 6.75. The molecule has 0 saturated carbocycles. The van der Waals surface area contributed by atoms with Gasteiger partial charge in [0, 0.05) is 51.1 Å². The summed E-state index contributed by atoms with van der Waals surface area (Å²) in [7, 11) is 1.70. The van der Waals surface area contributed by atoms with E-state index >= 15 is 0 Å². The van der Waals surface area contributed by atoms with Crippen LogP contribution in [-0.2, 0) is 16.1 Å². The van der Waals surface area contributed by atoms with Gasteiger partial charge in [0.25, 0.3) is 0 Å². The molecule has 126 valence electrons. The molecule has 0 aromatic carbocycles. The van der Waals surface area contributed by atoms with Gasteiger partial charge in [-0.2, -0.15) is 0 Å². The van der Waals surface area contributed by atoms with Crippen LogP contribution >= 0.6 is 0 Å². The molecular formula is C18H27N3O2. The SMILES string of the molecule is COCCN1C(=O)CC[C@@]12CCCN(Cc1cccnc1)CC2. The number of aromatic nitrogens is 1. The molecule has 3 heterocycles. The van der Waals surface area contributed by atoms with Gasteiger partial charge in [0.2, 0.25) is 5.91 Å². The highest BCUT2D eigenvalue weighted by molar-refractivity contribution is 5.79. The molecule has 0 unspecified atom stereocenters. The first-order chi connectivity index (χ1) is 11.2. The first-order valence-corrected chi connectivity index (χ1v) is 8.64. The van der Waals surface area contributed by atoms with Gasteiger partial charge in [0.1, 0.15) is 0 Å². The van der Waals surface area contributed by atoms with Crippen LogP contribution in [0.2, 0.25) is 0 Å². The molecular weight excluding hydrogens is 290 g/mol. The molecule has 5 heteroatoms. The topological polar surface area (TPSA) is 45.7 Å². The zero-order valence-electron chi connectivity index (χ0n) is 14.0. The summed E-state index contributed by atoms with van der Waals surface area (Å²) in [5.41, 5.74) is 1.33. The lowest BCUT2D eigenvalue weighted by Gasteiger charge is -2.38. The van der Waals surface area contributed by atoms with Crippen molar-refractivity contribution >= 4 is 5.91 Å². The predicted molar refractivity (Wildman–Crippen MR) is 88.9 cm³/mol. The number of pyridine rings is 1. The van der Waals surface area contributed by atoms with E-state index in [1.807, 2.05) is 18.5 Å². The van der Waals surface area contributed by atoms with Gasteiger partial charge in [0.15, 0.2) is 0 Å². The van der Waals surface area contributed by atoms with Crippen molar-refractivity contribution in [3.63, 3.8) is 0 Å². The Balaban J connectivity index is 1.64. The van der Waals surface area contributed by atoms with Crippen molar-refractivity contribution in [3.05, 3.63) is 30.1 Å². The normalized spacial score (nSPS) is 26.0. The van der Waals surface area contributed by atoms with Gasteiger partial charge in [0.05, 0.1) is 6.61 Å². The molecule has 1 atom stereocenters. The van der Waals surface area contributed by atoms with Crippen molar-refractivity contribution in [2.24, 2.45) is 0 Å². The lowest BCUT2D eigenvalue weighted by atomic mass is 9.88. The molecule has 2 aliphatic rings. The van der Waals surface area contributed by atoms with Crippen molar-refractivity contribution in [2.75, 3.05) is 33.4 Å². The van der Waals surface area contributed by atoms with Crippen LogP contribution in [0, 0.1) is 0 Å². The summed E-state index contributed by atoms with van der Waals surface area (Å²) in [5.74, 6) is 0.308. The number of methoxy groups -OCH3 is 1. The van der Waals surface area contributed by atoms with Crippen molar-refractivity contribution in [3.8, 4) is 0 Å². The Morgan fingerprint density at radius 2 is 2.22 bits per heavy atom. The fourth-order valence-corrected chi connectivity index (χ4v) is 4.08. The molecule has 2 aliphatic heterocycles. The molecule has 2 fully saturated rings. The van der Waals surface area contributed by atoms with E-state index in [4.69, 9.17) is 4.74 Å². The maximum atomic E-state index is 12.3. The number of hydrogen-bond donors (Lipinski definition) is 0. The lowest BCUT2D eigenvalue weighted by Crippen LogP contribution is -2.47. The van der Waals surface area contributed by atoms with Crippen molar-refractivity contribution in [1.82, 2.24) is 14.8 Å². The summed E-state index contributed by atoms with van der Waals surface area (Å²) < 4.78 is 5.21. The highest BCUT2D eigenvalue weighted by atomic mass is 16.5. The number of likely N-dealkylation sites (tertiary alicyclic amines) is 2. The third kappa shape index (κ3) is 3.72. The third-order valence-electron chi connectivity index (χ3n) is 5.34. The van der Waals surface area contributed by atoms with Crippen molar-refractivity contribution in [2.45, 2.75) is 44.2 Å². The highest BCUT2D eigenvalue weighted by Crippen LogP contribution is 2.39. The number of ether oxygens (including phenoxy) is 1. The Hall–Kier alpha value is -1.46. The quantitative estimate of drug-likeness (QED) is 0.834. The van der Waals surface area contributed by atoms with E-state index in [0.29, 0.717) is 18.9 Å². The molecule has 1 amide bonds. The van der Waals surface area contributed by atoms with E-state index in [0.717, 1.165) is 51.9 Å². The number of rotatable bonds is 5. The molecule has 0 radical (unpaired) electrons. The van der Waals surface area contributed by atoms with Gasteiger partial charge in [-0.3, -0.25) is 14.7 Å². The fourth-order valence-electron chi connectivity index (χ4n) is 4.08. The number of nitrogens with zero attached hydrogens (tertiary/aromatic N) is 3. The van der Waals surface area contributed by atoms with Crippen LogP contribution in [0.15, 0.2) is 24.5 Å². The molecule has 1 aromatic heterocycles. The van der Waals surface area contributed by atoms with Gasteiger partial charge in [-0.15, -0.1) is 0 Å². The van der Waals surface area contributed by atoms with E-state index in [-0.39, 0.29) is 5.54 Å². The number of amides is 1. The molecule has 2 saturated heterocycles. The lowest BCUT2D eigenvalue weighted by molar-refractivity contribution is -0.132. The minimum atomic E-state index is 0.0688. The number of carbonyl (C=O) groups is 1. The van der Waals surface area contributed by atoms with Crippen LogP contribution < -0.4 is 0 Å². The molecule has 3 rings (SSSR count). The zero-order valence-corrected chi connectivity index (χ0v) is 14.0. The Morgan fingerprint density at radius 1 is 1.30 bits per heavy atom. The average molecular weight is 317 g/mol. The Bertz CT molecular complexity index is 522. The van der Waals surface area contributed by atoms with E-state index < -0.39 is 0 Å². The largest absolute Gasteiger partial charge is 0.383 e. The van der Waals surface area contributed by atoms with E-state index in [2.05, 4.69) is 20.9 Å². The smallest absolute Gasteiger partial charge is 0.223 e. The molecule has 0 N–H and O–H groups in total. The van der Waals surface area contributed by atoms with Crippen LogP contribution in [0.5, 0.6) is 0 Å². The monoisotopic (exact) mass is 317 g/mol. The predicted octanol–water partition coefficient (Wildman–Crippen LogP) is 2.08. The van der Waals surface area contributed by atoms with Crippen molar-refractivity contribution in [1.29, 1.82) is 0 Å². The van der Waals surface area contributed by atoms with Crippen molar-refractivity contribution < 1.29 is 9.53 Å². The van der Waals surface area contributed by atoms with Crippen LogP contribution in [-0.4, -0.2) is 59.6 Å². The summed E-state index contributed by atoms with van der Waals surface area (Å²) in [6.07, 6.45) is 8.82. The highest BCUT2D eigenvalue weighted by Gasteiger charge is 2.45. The van der Waals surface area contributed by atoms with E-state index in [1.54, 1.807) is 7.11 Å². The van der Waals surface area contributed by atoms with Gasteiger partial charge < -0.3 is 9.64 Å². The minimum absolute atomic E-state index is 0.0688. The first-order valence-electron chi connectivity index (χ1n) is 8.64. The van der Waals surface area contributed by atoms with Crippen LogP contribution in [0.25, 0.3) is 0 Å². The first kappa shape index (κ1) is 16.4. The third-order valence-corrected chi connectivity index (χ3v) is 5.34. The zero-order chi connectivity index (χ0) is 16.1. The van der Waals surface area contributed by atoms with Gasteiger partial charge in [-0.25, -0.2) is 0 Å². The summed E-state index contributed by atoms with van der Waals surface area (Å²) in [5, 5.41) is 0.